The summed E-state index contributed by atoms with van der Waals surface area (Å²) in [5, 5.41) is 3.05. The quantitative estimate of drug-likeness (QED) is 0.436. The molecule has 0 atom stereocenters. The van der Waals surface area contributed by atoms with Gasteiger partial charge in [-0.1, -0.05) is 31.5 Å². The number of thioether (sulfide) groups is 1. The summed E-state index contributed by atoms with van der Waals surface area (Å²) in [6, 6.07) is 12.9. The van der Waals surface area contributed by atoms with Gasteiger partial charge in [0.25, 0.3) is 5.91 Å². The van der Waals surface area contributed by atoms with Gasteiger partial charge in [-0.3, -0.25) is 4.79 Å². The molecule has 0 unspecified atom stereocenters. The van der Waals surface area contributed by atoms with Crippen LogP contribution in [-0.2, 0) is 9.53 Å². The summed E-state index contributed by atoms with van der Waals surface area (Å²) in [5.41, 5.74) is 1.37. The van der Waals surface area contributed by atoms with Crippen molar-refractivity contribution in [1.29, 1.82) is 0 Å². The molecular formula is C21H19FN2O3S. The predicted octanol–water partition coefficient (Wildman–Crippen LogP) is 4.67. The molecular weight excluding hydrogens is 379 g/mol. The Bertz CT molecular complexity index is 939. The number of benzene rings is 2. The lowest BCUT2D eigenvalue weighted by atomic mass is 10.2. The molecule has 1 N–H and O–H groups in total. The summed E-state index contributed by atoms with van der Waals surface area (Å²) in [6.45, 7) is 2.43. The number of amidine groups is 1. The maximum Gasteiger partial charge on any atom is 0.338 e. The Labute approximate surface area is 166 Å². The Hall–Kier alpha value is -2.93. The van der Waals surface area contributed by atoms with E-state index in [1.807, 2.05) is 6.92 Å². The second kappa shape index (κ2) is 9.32. The molecule has 0 aromatic heterocycles. The lowest BCUT2D eigenvalue weighted by Crippen LogP contribution is -2.19. The standard InChI is InChI=1S/C21H19FN2O3S/c1-2-3-12-27-20(26)14-8-10-16(11-9-14)23-21-24-19(25)18(28-21)13-15-6-4-5-7-17(15)22/h4-11,13H,2-3,12H2,1H3,(H,23,24,25)/b18-13-. The van der Waals surface area contributed by atoms with Gasteiger partial charge in [0.1, 0.15) is 5.82 Å². The van der Waals surface area contributed by atoms with Crippen molar-refractivity contribution >= 4 is 40.6 Å². The van der Waals surface area contributed by atoms with Crippen molar-refractivity contribution in [2.24, 2.45) is 4.99 Å². The third-order valence-corrected chi connectivity index (χ3v) is 4.82. The van der Waals surface area contributed by atoms with Gasteiger partial charge in [-0.25, -0.2) is 14.2 Å². The summed E-state index contributed by atoms with van der Waals surface area (Å²) in [6.07, 6.45) is 3.28. The fraction of sp³-hybridized carbons (Fsp3) is 0.190. The largest absolute Gasteiger partial charge is 0.462 e. The molecule has 0 saturated carbocycles. The number of esters is 1. The highest BCUT2D eigenvalue weighted by molar-refractivity contribution is 8.18. The van der Waals surface area contributed by atoms with Crippen LogP contribution in [0.5, 0.6) is 0 Å². The average Bonchev–Trinajstić information content (AvgIpc) is 3.03. The summed E-state index contributed by atoms with van der Waals surface area (Å²) in [4.78, 5) is 28.7. The summed E-state index contributed by atoms with van der Waals surface area (Å²) < 4.78 is 18.9. The van der Waals surface area contributed by atoms with Crippen molar-refractivity contribution in [3.8, 4) is 0 Å². The second-order valence-electron chi connectivity index (χ2n) is 6.04. The monoisotopic (exact) mass is 398 g/mol. The molecule has 144 valence electrons. The first-order chi connectivity index (χ1) is 13.6. The summed E-state index contributed by atoms with van der Waals surface area (Å²) >= 11 is 1.13. The van der Waals surface area contributed by atoms with Gasteiger partial charge in [0.2, 0.25) is 0 Å². The highest BCUT2D eigenvalue weighted by Gasteiger charge is 2.24. The van der Waals surface area contributed by atoms with Crippen LogP contribution >= 0.6 is 11.8 Å². The van der Waals surface area contributed by atoms with Gasteiger partial charge in [-0.2, -0.15) is 0 Å². The van der Waals surface area contributed by atoms with Crippen LogP contribution in [0, 0.1) is 5.82 Å². The number of unbranched alkanes of at least 4 members (excludes halogenated alkanes) is 1. The van der Waals surface area contributed by atoms with Crippen LogP contribution < -0.4 is 5.32 Å². The molecule has 5 nitrogen and oxygen atoms in total. The fourth-order valence-corrected chi connectivity index (χ4v) is 3.23. The first-order valence-corrected chi connectivity index (χ1v) is 9.70. The van der Waals surface area contributed by atoms with Gasteiger partial charge in [-0.05, 0) is 54.6 Å². The third kappa shape index (κ3) is 5.07. The van der Waals surface area contributed by atoms with Crippen LogP contribution in [0.4, 0.5) is 10.1 Å². The van der Waals surface area contributed by atoms with Crippen LogP contribution in [-0.4, -0.2) is 23.7 Å². The van der Waals surface area contributed by atoms with Crippen molar-refractivity contribution in [1.82, 2.24) is 5.32 Å². The highest BCUT2D eigenvalue weighted by Crippen LogP contribution is 2.28. The molecule has 1 fully saturated rings. The molecule has 1 heterocycles. The maximum atomic E-state index is 13.8. The zero-order valence-electron chi connectivity index (χ0n) is 15.3. The van der Waals surface area contributed by atoms with Crippen LogP contribution in [0.3, 0.4) is 0 Å². The molecule has 2 aromatic rings. The molecule has 0 radical (unpaired) electrons. The molecule has 1 saturated heterocycles. The van der Waals surface area contributed by atoms with Crippen molar-refractivity contribution in [2.75, 3.05) is 6.61 Å². The summed E-state index contributed by atoms with van der Waals surface area (Å²) in [7, 11) is 0. The Morgan fingerprint density at radius 2 is 1.96 bits per heavy atom. The summed E-state index contributed by atoms with van der Waals surface area (Å²) in [5.74, 6) is -1.09. The van der Waals surface area contributed by atoms with E-state index >= 15 is 0 Å². The molecule has 1 aliphatic rings. The second-order valence-corrected chi connectivity index (χ2v) is 7.07. The number of ether oxygens (including phenoxy) is 1. The van der Waals surface area contributed by atoms with Gasteiger partial charge in [0, 0.05) is 5.56 Å². The molecule has 3 rings (SSSR count). The molecule has 0 bridgehead atoms. The van der Waals surface area contributed by atoms with Crippen LogP contribution in [0.2, 0.25) is 0 Å². The lowest BCUT2D eigenvalue weighted by Gasteiger charge is -2.04. The predicted molar refractivity (Wildman–Crippen MR) is 109 cm³/mol. The number of carbonyl (C=O) groups is 2. The smallest absolute Gasteiger partial charge is 0.338 e. The number of amides is 1. The number of hydrogen-bond acceptors (Lipinski definition) is 5. The number of hydrogen-bond donors (Lipinski definition) is 1. The van der Waals surface area contributed by atoms with Crippen molar-refractivity contribution in [2.45, 2.75) is 19.8 Å². The lowest BCUT2D eigenvalue weighted by molar-refractivity contribution is -0.115. The first kappa shape index (κ1) is 19.8. The van der Waals surface area contributed by atoms with Gasteiger partial charge >= 0.3 is 5.97 Å². The van der Waals surface area contributed by atoms with E-state index in [1.54, 1.807) is 42.5 Å². The van der Waals surface area contributed by atoms with Gasteiger partial charge in [0.05, 0.1) is 22.8 Å². The molecule has 1 amide bonds. The van der Waals surface area contributed by atoms with Crippen LogP contribution in [0.25, 0.3) is 6.08 Å². The molecule has 0 aliphatic carbocycles. The van der Waals surface area contributed by atoms with E-state index in [4.69, 9.17) is 4.74 Å². The Balaban J connectivity index is 1.68. The van der Waals surface area contributed by atoms with E-state index in [1.165, 1.54) is 12.1 Å². The number of halogens is 1. The van der Waals surface area contributed by atoms with Crippen molar-refractivity contribution < 1.29 is 18.7 Å². The van der Waals surface area contributed by atoms with Gasteiger partial charge < -0.3 is 10.1 Å². The van der Waals surface area contributed by atoms with Crippen molar-refractivity contribution in [3.63, 3.8) is 0 Å². The Kier molecular flexibility index (Phi) is 6.60. The zero-order chi connectivity index (χ0) is 19.9. The van der Waals surface area contributed by atoms with Gasteiger partial charge in [-0.15, -0.1) is 0 Å². The number of nitrogens with one attached hydrogen (secondary N) is 1. The van der Waals surface area contributed by atoms with E-state index in [9.17, 15) is 14.0 Å². The number of carbonyl (C=O) groups excluding carboxylic acids is 2. The van der Waals surface area contributed by atoms with E-state index in [0.29, 0.717) is 33.5 Å². The zero-order valence-corrected chi connectivity index (χ0v) is 16.1. The minimum absolute atomic E-state index is 0.330. The van der Waals surface area contributed by atoms with Gasteiger partial charge in [0.15, 0.2) is 5.17 Å². The maximum absolute atomic E-state index is 13.8. The minimum Gasteiger partial charge on any atom is -0.462 e. The normalized spacial score (nSPS) is 16.4. The molecule has 28 heavy (non-hydrogen) atoms. The number of nitrogens with zero attached hydrogens (tertiary/aromatic N) is 1. The number of aliphatic imine (C=N–C) groups is 1. The Morgan fingerprint density at radius 1 is 1.21 bits per heavy atom. The molecule has 0 spiro atoms. The fourth-order valence-electron chi connectivity index (χ4n) is 2.40. The first-order valence-electron chi connectivity index (χ1n) is 8.88. The van der Waals surface area contributed by atoms with E-state index < -0.39 is 5.82 Å². The van der Waals surface area contributed by atoms with Crippen LogP contribution in [0.1, 0.15) is 35.7 Å². The van der Waals surface area contributed by atoms with E-state index in [0.717, 1.165) is 24.6 Å². The number of rotatable bonds is 6. The van der Waals surface area contributed by atoms with E-state index in [2.05, 4.69) is 10.3 Å². The van der Waals surface area contributed by atoms with E-state index in [-0.39, 0.29) is 11.9 Å². The third-order valence-electron chi connectivity index (χ3n) is 3.91. The highest BCUT2D eigenvalue weighted by atomic mass is 32.2. The molecule has 1 aliphatic heterocycles. The molecule has 2 aromatic carbocycles. The Morgan fingerprint density at radius 3 is 2.68 bits per heavy atom. The molecule has 7 heteroatoms. The van der Waals surface area contributed by atoms with Crippen molar-refractivity contribution in [3.05, 3.63) is 70.4 Å². The average molecular weight is 398 g/mol. The minimum atomic E-state index is -0.393. The topological polar surface area (TPSA) is 67.8 Å². The SMILES string of the molecule is CCCCOC(=O)c1ccc(N=C2NC(=O)/C(=C/c3ccccc3F)S2)cc1. The van der Waals surface area contributed by atoms with Crippen LogP contribution in [0.15, 0.2) is 58.4 Å².